The van der Waals surface area contributed by atoms with Gasteiger partial charge in [0.05, 0.1) is 11.3 Å². The van der Waals surface area contributed by atoms with E-state index in [4.69, 9.17) is 5.73 Å². The molecule has 3 N–H and O–H groups in total. The number of pyridine rings is 2. The van der Waals surface area contributed by atoms with Crippen molar-refractivity contribution in [2.75, 3.05) is 18.0 Å². The molecule has 1 fully saturated rings. The number of hydrogen-bond donors (Lipinski definition) is 2. The SMILES string of the molecule is CC(C)C[C@@H]1C[C@H](N)CN(c2ccc(C(F)(F)F)c(-c3[nH]nc4ncccc34)n2)C1.[HH].[HH]. The molecule has 0 saturated carbocycles. The highest BCUT2D eigenvalue weighted by molar-refractivity contribution is 5.90. The van der Waals surface area contributed by atoms with E-state index in [0.29, 0.717) is 35.2 Å². The molecule has 164 valence electrons. The van der Waals surface area contributed by atoms with Gasteiger partial charge in [-0.1, -0.05) is 13.8 Å². The Balaban J connectivity index is 0.00000181. The molecule has 0 aromatic carbocycles. The van der Waals surface area contributed by atoms with Crippen LogP contribution in [0, 0.1) is 11.8 Å². The van der Waals surface area contributed by atoms with Gasteiger partial charge in [0.15, 0.2) is 5.65 Å². The number of aromatic nitrogens is 4. The van der Waals surface area contributed by atoms with E-state index in [9.17, 15) is 13.2 Å². The van der Waals surface area contributed by atoms with Crippen LogP contribution in [-0.2, 0) is 6.18 Å². The predicted molar refractivity (Wildman–Crippen MR) is 114 cm³/mol. The molecular weight excluding hydrogens is 393 g/mol. The van der Waals surface area contributed by atoms with Crippen LogP contribution in [0.2, 0.25) is 0 Å². The van der Waals surface area contributed by atoms with Crippen molar-refractivity contribution in [2.24, 2.45) is 17.6 Å². The van der Waals surface area contributed by atoms with Crippen LogP contribution in [0.4, 0.5) is 19.0 Å². The fourth-order valence-electron chi connectivity index (χ4n) is 4.35. The van der Waals surface area contributed by atoms with Crippen LogP contribution in [0.25, 0.3) is 22.4 Å². The van der Waals surface area contributed by atoms with Crippen molar-refractivity contribution < 1.29 is 16.0 Å². The molecule has 1 aliphatic heterocycles. The van der Waals surface area contributed by atoms with Gasteiger partial charge in [-0.05, 0) is 48.9 Å². The molecule has 4 heterocycles. The fourth-order valence-corrected chi connectivity index (χ4v) is 4.35. The highest BCUT2D eigenvalue weighted by Gasteiger charge is 2.36. The van der Waals surface area contributed by atoms with Gasteiger partial charge in [0.25, 0.3) is 0 Å². The quantitative estimate of drug-likeness (QED) is 0.635. The lowest BCUT2D eigenvalue weighted by Crippen LogP contribution is -2.47. The number of fused-ring (bicyclic) bond motifs is 1. The summed E-state index contributed by atoms with van der Waals surface area (Å²) < 4.78 is 41.3. The average Bonchev–Trinajstić information content (AvgIpc) is 3.10. The van der Waals surface area contributed by atoms with Crippen LogP contribution in [0.3, 0.4) is 0 Å². The number of H-pyrrole nitrogens is 1. The van der Waals surface area contributed by atoms with Crippen LogP contribution in [0.15, 0.2) is 30.5 Å². The van der Waals surface area contributed by atoms with Gasteiger partial charge in [0, 0.05) is 33.6 Å². The molecular formula is C21H29F3N6. The number of alkyl halides is 3. The van der Waals surface area contributed by atoms with Crippen LogP contribution in [-0.4, -0.2) is 39.3 Å². The van der Waals surface area contributed by atoms with Gasteiger partial charge in [0.1, 0.15) is 11.5 Å². The van der Waals surface area contributed by atoms with E-state index in [1.807, 2.05) is 4.90 Å². The molecule has 9 heteroatoms. The van der Waals surface area contributed by atoms with E-state index in [-0.39, 0.29) is 20.3 Å². The highest BCUT2D eigenvalue weighted by atomic mass is 19.4. The second-order valence-corrected chi connectivity index (χ2v) is 8.43. The van der Waals surface area contributed by atoms with Gasteiger partial charge in [-0.15, -0.1) is 0 Å². The first-order chi connectivity index (χ1) is 14.2. The molecule has 1 aliphatic rings. The molecule has 0 unspecified atom stereocenters. The Morgan fingerprint density at radius 3 is 2.80 bits per heavy atom. The lowest BCUT2D eigenvalue weighted by molar-refractivity contribution is -0.137. The zero-order valence-electron chi connectivity index (χ0n) is 16.9. The van der Waals surface area contributed by atoms with Gasteiger partial charge < -0.3 is 10.6 Å². The van der Waals surface area contributed by atoms with E-state index in [0.717, 1.165) is 25.5 Å². The summed E-state index contributed by atoms with van der Waals surface area (Å²) in [5, 5.41) is 7.24. The summed E-state index contributed by atoms with van der Waals surface area (Å²) in [6, 6.07) is 5.85. The number of aromatic amines is 1. The smallest absolute Gasteiger partial charge is 0.355 e. The van der Waals surface area contributed by atoms with Crippen LogP contribution < -0.4 is 10.6 Å². The zero-order valence-corrected chi connectivity index (χ0v) is 16.9. The second kappa shape index (κ2) is 7.86. The third kappa shape index (κ3) is 4.12. The topological polar surface area (TPSA) is 83.7 Å². The number of piperidine rings is 1. The Hall–Kier alpha value is -2.68. The Morgan fingerprint density at radius 1 is 1.27 bits per heavy atom. The van der Waals surface area contributed by atoms with Crippen molar-refractivity contribution in [3.8, 4) is 11.4 Å². The van der Waals surface area contributed by atoms with Crippen molar-refractivity contribution >= 4 is 16.9 Å². The standard InChI is InChI=1S/C21H25F3N6.2H2/c1-12(2)8-13-9-14(25)11-30(10-13)17-6-5-16(21(22,23)24)19(27-17)18-15-4-3-7-26-20(15)29-28-18;;/h3-7,12-14H,8-11,25H2,1-2H3,(H,26,28,29);2*1H/t13-,14+;;/m1../s1. The maximum Gasteiger partial charge on any atom is 0.418 e. The first-order valence-corrected chi connectivity index (χ1v) is 10.1. The van der Waals surface area contributed by atoms with Gasteiger partial charge in [-0.3, -0.25) is 5.10 Å². The Labute approximate surface area is 175 Å². The molecule has 0 bridgehead atoms. The Bertz CT molecular complexity index is 1040. The monoisotopic (exact) mass is 422 g/mol. The molecule has 0 aliphatic carbocycles. The summed E-state index contributed by atoms with van der Waals surface area (Å²) in [5.41, 5.74) is 5.85. The third-order valence-corrected chi connectivity index (χ3v) is 5.45. The number of nitrogens with one attached hydrogen (secondary N) is 1. The first-order valence-electron chi connectivity index (χ1n) is 10.1. The van der Waals surface area contributed by atoms with Crippen molar-refractivity contribution in [1.29, 1.82) is 0 Å². The van der Waals surface area contributed by atoms with E-state index in [2.05, 4.69) is 34.0 Å². The average molecular weight is 422 g/mol. The minimum Gasteiger partial charge on any atom is -0.355 e. The van der Waals surface area contributed by atoms with Crippen LogP contribution in [0.1, 0.15) is 35.1 Å². The Kier molecular flexibility index (Phi) is 5.40. The number of hydrogen-bond acceptors (Lipinski definition) is 5. The number of nitrogens with two attached hydrogens (primary N) is 1. The normalized spacial score (nSPS) is 20.3. The summed E-state index contributed by atoms with van der Waals surface area (Å²) in [7, 11) is 0. The van der Waals surface area contributed by atoms with Gasteiger partial charge in [-0.25, -0.2) is 9.97 Å². The third-order valence-electron chi connectivity index (χ3n) is 5.45. The summed E-state index contributed by atoms with van der Waals surface area (Å²) in [6.45, 7) is 5.62. The number of halogens is 3. The van der Waals surface area contributed by atoms with Crippen molar-refractivity contribution in [1.82, 2.24) is 20.2 Å². The maximum atomic E-state index is 13.8. The minimum atomic E-state index is -4.54. The summed E-state index contributed by atoms with van der Waals surface area (Å²) in [4.78, 5) is 10.6. The van der Waals surface area contributed by atoms with E-state index in [1.165, 1.54) is 6.07 Å². The van der Waals surface area contributed by atoms with E-state index >= 15 is 0 Å². The molecule has 1 saturated heterocycles. The van der Waals surface area contributed by atoms with Gasteiger partial charge in [-0.2, -0.15) is 18.3 Å². The van der Waals surface area contributed by atoms with Gasteiger partial charge in [0.2, 0.25) is 0 Å². The zero-order chi connectivity index (χ0) is 21.5. The number of rotatable bonds is 4. The fraction of sp³-hybridized carbons (Fsp3) is 0.476. The van der Waals surface area contributed by atoms with Crippen molar-refractivity contribution in [3.05, 3.63) is 36.0 Å². The minimum absolute atomic E-state index is 0. The van der Waals surface area contributed by atoms with Crippen LogP contribution in [0.5, 0.6) is 0 Å². The summed E-state index contributed by atoms with van der Waals surface area (Å²) >= 11 is 0. The second-order valence-electron chi connectivity index (χ2n) is 8.43. The first kappa shape index (κ1) is 20.6. The molecule has 3 aromatic rings. The molecule has 3 aromatic heterocycles. The van der Waals surface area contributed by atoms with Gasteiger partial charge >= 0.3 is 6.18 Å². The molecule has 4 rings (SSSR count). The summed E-state index contributed by atoms with van der Waals surface area (Å²) in [6.07, 6.45) is -1.06. The molecule has 0 amide bonds. The lowest BCUT2D eigenvalue weighted by Gasteiger charge is -2.38. The van der Waals surface area contributed by atoms with E-state index in [1.54, 1.807) is 18.3 Å². The lowest BCUT2D eigenvalue weighted by atomic mass is 9.87. The summed E-state index contributed by atoms with van der Waals surface area (Å²) in [5.74, 6) is 1.41. The highest BCUT2D eigenvalue weighted by Crippen LogP contribution is 2.39. The maximum absolute atomic E-state index is 13.8. The molecule has 2 atom stereocenters. The molecule has 0 spiro atoms. The molecule has 6 nitrogen and oxygen atoms in total. The largest absolute Gasteiger partial charge is 0.418 e. The molecule has 30 heavy (non-hydrogen) atoms. The predicted octanol–water partition coefficient (Wildman–Crippen LogP) is 4.73. The van der Waals surface area contributed by atoms with Crippen molar-refractivity contribution in [3.63, 3.8) is 0 Å². The van der Waals surface area contributed by atoms with Crippen LogP contribution >= 0.6 is 0 Å². The number of nitrogens with zero attached hydrogens (tertiary/aromatic N) is 4. The molecule has 0 radical (unpaired) electrons. The Morgan fingerprint density at radius 2 is 2.07 bits per heavy atom. The number of anilines is 1. The van der Waals surface area contributed by atoms with Crippen molar-refractivity contribution in [2.45, 2.75) is 38.9 Å². The van der Waals surface area contributed by atoms with E-state index < -0.39 is 11.7 Å².